The van der Waals surface area contributed by atoms with E-state index in [-0.39, 0.29) is 0 Å². The summed E-state index contributed by atoms with van der Waals surface area (Å²) in [6.45, 7) is 5.09. The van der Waals surface area contributed by atoms with E-state index in [4.69, 9.17) is 15.6 Å². The molecule has 1 rings (SSSR count). The Morgan fingerprint density at radius 1 is 1.23 bits per heavy atom. The number of ether oxygens (including phenoxy) is 1. The van der Waals surface area contributed by atoms with Crippen LogP contribution in [0.5, 0.6) is 0 Å². The molecule has 0 aliphatic carbocycles. The smallest absolute Gasteiger partial charge is 0.408 e. The van der Waals surface area contributed by atoms with Gasteiger partial charge in [0.25, 0.3) is 0 Å². The number of rotatable bonds is 5. The molecule has 0 aromatic heterocycles. The number of aliphatic hydroxyl groups excluding tert-OH is 1. The van der Waals surface area contributed by atoms with Crippen LogP contribution in [0.2, 0.25) is 0 Å². The third-order valence-electron chi connectivity index (χ3n) is 2.83. The van der Waals surface area contributed by atoms with E-state index in [1.54, 1.807) is 51.1 Å². The van der Waals surface area contributed by atoms with Crippen LogP contribution in [0.25, 0.3) is 0 Å². The number of aliphatic carboxylic acids is 1. The van der Waals surface area contributed by atoms with Crippen molar-refractivity contribution in [1.29, 1.82) is 0 Å². The largest absolute Gasteiger partial charge is 0.480 e. The van der Waals surface area contributed by atoms with Crippen LogP contribution in [0.1, 0.15) is 32.4 Å². The van der Waals surface area contributed by atoms with Gasteiger partial charge in [0.1, 0.15) is 17.7 Å². The zero-order valence-corrected chi connectivity index (χ0v) is 12.8. The molecule has 7 nitrogen and oxygen atoms in total. The molecule has 22 heavy (non-hydrogen) atoms. The lowest BCUT2D eigenvalue weighted by Gasteiger charge is -2.28. The monoisotopic (exact) mass is 310 g/mol. The Bertz CT molecular complexity index is 512. The van der Waals surface area contributed by atoms with Gasteiger partial charge >= 0.3 is 12.1 Å². The fourth-order valence-corrected chi connectivity index (χ4v) is 1.81. The molecule has 3 atom stereocenters. The summed E-state index contributed by atoms with van der Waals surface area (Å²) in [6.07, 6.45) is -2.27. The molecule has 7 heteroatoms. The molecule has 0 heterocycles. The van der Waals surface area contributed by atoms with Gasteiger partial charge in [-0.2, -0.15) is 0 Å². The van der Waals surface area contributed by atoms with Gasteiger partial charge in [-0.3, -0.25) is 4.79 Å². The molecular weight excluding hydrogens is 288 g/mol. The van der Waals surface area contributed by atoms with Crippen molar-refractivity contribution in [2.45, 2.75) is 44.6 Å². The molecule has 0 saturated carbocycles. The van der Waals surface area contributed by atoms with E-state index in [1.165, 1.54) is 0 Å². The fraction of sp³-hybridized carbons (Fsp3) is 0.467. The fourth-order valence-electron chi connectivity index (χ4n) is 1.81. The second kappa shape index (κ2) is 7.24. The zero-order valence-electron chi connectivity index (χ0n) is 12.8. The first-order chi connectivity index (χ1) is 10.1. The molecule has 1 aromatic rings. The highest BCUT2D eigenvalue weighted by Gasteiger charge is 2.33. The average Bonchev–Trinajstić information content (AvgIpc) is 2.42. The lowest BCUT2D eigenvalue weighted by Crippen LogP contribution is -2.50. The summed E-state index contributed by atoms with van der Waals surface area (Å²) in [6, 6.07) is 5.94. The molecular formula is C15H22N2O5. The molecule has 0 aliphatic heterocycles. The van der Waals surface area contributed by atoms with Crippen molar-refractivity contribution in [2.75, 3.05) is 0 Å². The Morgan fingerprint density at radius 3 is 2.23 bits per heavy atom. The van der Waals surface area contributed by atoms with Crippen molar-refractivity contribution in [3.05, 3.63) is 35.9 Å². The minimum atomic E-state index is -1.54. The Labute approximate surface area is 129 Å². The molecule has 1 amide bonds. The number of hydrogen-bond donors (Lipinski definition) is 4. The van der Waals surface area contributed by atoms with E-state index in [0.29, 0.717) is 5.56 Å². The van der Waals surface area contributed by atoms with Gasteiger partial charge in [0, 0.05) is 0 Å². The second-order valence-electron chi connectivity index (χ2n) is 5.89. The van der Waals surface area contributed by atoms with Crippen molar-refractivity contribution in [3.63, 3.8) is 0 Å². The SMILES string of the molecule is CC(C)(C)OC(=O)NC(c1ccccc1)C(O)C(N)C(=O)O. The van der Waals surface area contributed by atoms with Gasteiger partial charge in [-0.25, -0.2) is 4.79 Å². The predicted molar refractivity (Wildman–Crippen MR) is 80.2 cm³/mol. The van der Waals surface area contributed by atoms with Gasteiger partial charge in [-0.15, -0.1) is 0 Å². The maximum Gasteiger partial charge on any atom is 0.408 e. The topological polar surface area (TPSA) is 122 Å². The summed E-state index contributed by atoms with van der Waals surface area (Å²) in [7, 11) is 0. The molecule has 1 aromatic carbocycles. The summed E-state index contributed by atoms with van der Waals surface area (Å²) in [4.78, 5) is 22.9. The normalized spacial score (nSPS) is 15.5. The molecule has 0 saturated heterocycles. The number of nitrogens with two attached hydrogens (primary N) is 1. The Kier molecular flexibility index (Phi) is 5.90. The van der Waals surface area contributed by atoms with Crippen LogP contribution in [0.4, 0.5) is 4.79 Å². The first-order valence-corrected chi connectivity index (χ1v) is 6.83. The number of amides is 1. The number of aliphatic hydroxyl groups is 1. The molecule has 122 valence electrons. The minimum Gasteiger partial charge on any atom is -0.480 e. The quantitative estimate of drug-likeness (QED) is 0.644. The minimum absolute atomic E-state index is 0.526. The van der Waals surface area contributed by atoms with Gasteiger partial charge in [0.15, 0.2) is 0 Å². The predicted octanol–water partition coefficient (Wildman–Crippen LogP) is 1.03. The summed E-state index contributed by atoms with van der Waals surface area (Å²) in [5.41, 5.74) is 5.27. The molecule has 3 unspecified atom stereocenters. The van der Waals surface area contributed by atoms with E-state index in [9.17, 15) is 14.7 Å². The zero-order chi connectivity index (χ0) is 16.9. The number of nitrogens with one attached hydrogen (secondary N) is 1. The molecule has 0 radical (unpaired) electrons. The van der Waals surface area contributed by atoms with Gasteiger partial charge in [0.05, 0.1) is 6.04 Å². The van der Waals surface area contributed by atoms with Gasteiger partial charge in [0.2, 0.25) is 0 Å². The third-order valence-corrected chi connectivity index (χ3v) is 2.83. The van der Waals surface area contributed by atoms with E-state index in [2.05, 4.69) is 5.32 Å². The molecule has 0 fully saturated rings. The summed E-state index contributed by atoms with van der Waals surface area (Å²) < 4.78 is 5.13. The Morgan fingerprint density at radius 2 is 1.77 bits per heavy atom. The number of carbonyl (C=O) groups is 2. The van der Waals surface area contributed by atoms with E-state index >= 15 is 0 Å². The Hall–Kier alpha value is -2.12. The maximum absolute atomic E-state index is 11.9. The van der Waals surface area contributed by atoms with Crippen LogP contribution in [0.3, 0.4) is 0 Å². The van der Waals surface area contributed by atoms with Crippen LogP contribution in [-0.2, 0) is 9.53 Å². The van der Waals surface area contributed by atoms with E-state index in [1.807, 2.05) is 0 Å². The summed E-state index contributed by atoms with van der Waals surface area (Å²) in [5, 5.41) is 21.6. The van der Waals surface area contributed by atoms with Crippen LogP contribution in [0, 0.1) is 0 Å². The highest BCUT2D eigenvalue weighted by Crippen LogP contribution is 2.20. The first-order valence-electron chi connectivity index (χ1n) is 6.83. The number of carboxylic acids is 1. The van der Waals surface area contributed by atoms with Crippen LogP contribution in [0.15, 0.2) is 30.3 Å². The Balaban J connectivity index is 2.98. The van der Waals surface area contributed by atoms with Crippen LogP contribution in [-0.4, -0.2) is 40.0 Å². The first kappa shape index (κ1) is 17.9. The van der Waals surface area contributed by atoms with Gasteiger partial charge in [-0.1, -0.05) is 30.3 Å². The van der Waals surface area contributed by atoms with E-state index in [0.717, 1.165) is 0 Å². The van der Waals surface area contributed by atoms with Crippen molar-refractivity contribution in [2.24, 2.45) is 5.73 Å². The molecule has 0 bridgehead atoms. The lowest BCUT2D eigenvalue weighted by atomic mass is 9.96. The standard InChI is InChI=1S/C15H22N2O5/c1-15(2,3)22-14(21)17-11(9-7-5-4-6-8-9)12(18)10(16)13(19)20/h4-8,10-12,18H,16H2,1-3H3,(H,17,21)(H,19,20). The van der Waals surface area contributed by atoms with Crippen molar-refractivity contribution < 1.29 is 24.5 Å². The number of carboxylic acid groups (broad SMARTS) is 1. The van der Waals surface area contributed by atoms with Crippen LogP contribution < -0.4 is 11.1 Å². The average molecular weight is 310 g/mol. The number of alkyl carbamates (subject to hydrolysis) is 1. The second-order valence-corrected chi connectivity index (χ2v) is 5.89. The molecule has 0 aliphatic rings. The summed E-state index contributed by atoms with van der Waals surface area (Å²) in [5.74, 6) is -1.36. The van der Waals surface area contributed by atoms with Crippen LogP contribution >= 0.6 is 0 Å². The van der Waals surface area contributed by atoms with Crippen molar-refractivity contribution >= 4 is 12.1 Å². The molecule has 0 spiro atoms. The van der Waals surface area contributed by atoms with Crippen molar-refractivity contribution in [1.82, 2.24) is 5.32 Å². The number of benzene rings is 1. The number of carbonyl (C=O) groups excluding carboxylic acids is 1. The van der Waals surface area contributed by atoms with Crippen molar-refractivity contribution in [3.8, 4) is 0 Å². The molecule has 5 N–H and O–H groups in total. The highest BCUT2D eigenvalue weighted by molar-refractivity contribution is 5.74. The number of hydrogen-bond acceptors (Lipinski definition) is 5. The lowest BCUT2D eigenvalue weighted by molar-refractivity contribution is -0.141. The maximum atomic E-state index is 11.9. The third kappa shape index (κ3) is 5.34. The van der Waals surface area contributed by atoms with Gasteiger partial charge in [-0.05, 0) is 26.3 Å². The highest BCUT2D eigenvalue weighted by atomic mass is 16.6. The van der Waals surface area contributed by atoms with Gasteiger partial charge < -0.3 is 26.0 Å². The van der Waals surface area contributed by atoms with E-state index < -0.39 is 35.9 Å². The summed E-state index contributed by atoms with van der Waals surface area (Å²) >= 11 is 0.